The van der Waals surface area contributed by atoms with Crippen molar-refractivity contribution in [2.24, 2.45) is 0 Å². The first kappa shape index (κ1) is 24.0. The molecule has 0 aliphatic rings. The first-order valence-electron chi connectivity index (χ1n) is 9.39. The summed E-state index contributed by atoms with van der Waals surface area (Å²) >= 11 is 9.70. The molecule has 3 rings (SSSR count). The number of anilines is 1. The number of carbonyl (C=O) groups excluding carboxylic acids is 1. The number of hydrogen-bond donors (Lipinski definition) is 2. The molecule has 166 valence electrons. The molecule has 0 radical (unpaired) electrons. The maximum absolute atomic E-state index is 13.0. The summed E-state index contributed by atoms with van der Waals surface area (Å²) in [5.74, 6) is -1.83. The van der Waals surface area contributed by atoms with E-state index in [2.05, 4.69) is 21.2 Å². The average molecular weight is 530 g/mol. The van der Waals surface area contributed by atoms with Gasteiger partial charge < -0.3 is 15.2 Å². The molecule has 0 unspecified atom stereocenters. The molecular formula is C24H15BrClFN2O4. The molecule has 3 aromatic carbocycles. The normalized spacial score (nSPS) is 10.9. The van der Waals surface area contributed by atoms with Crippen molar-refractivity contribution in [3.8, 4) is 11.8 Å². The molecule has 9 heteroatoms. The Morgan fingerprint density at radius 1 is 1.18 bits per heavy atom. The topological polar surface area (TPSA) is 99.4 Å². The zero-order chi connectivity index (χ0) is 24.0. The molecule has 0 saturated heterocycles. The minimum atomic E-state index is -1.14. The molecule has 0 saturated carbocycles. The second-order valence-electron chi connectivity index (χ2n) is 6.74. The summed E-state index contributed by atoms with van der Waals surface area (Å²) in [4.78, 5) is 23.6. The summed E-state index contributed by atoms with van der Waals surface area (Å²) in [5.41, 5.74) is 1.25. The Kier molecular flexibility index (Phi) is 7.83. The maximum atomic E-state index is 13.0. The van der Waals surface area contributed by atoms with Crippen molar-refractivity contribution in [2.75, 3.05) is 5.32 Å². The standard InChI is InChI=1S/C24H15BrClFN2O4/c25-20-9-15(10-21(26)22(20)33-13-14-4-6-18(27)7-5-14)8-17(12-28)23(30)29-19-3-1-2-16(11-19)24(31)32/h1-11H,13H2,(H,29,30)(H,31,32)/b17-8-. The molecule has 1 amide bonds. The molecule has 0 aliphatic heterocycles. The van der Waals surface area contributed by atoms with Gasteiger partial charge in [0.05, 0.1) is 15.1 Å². The van der Waals surface area contributed by atoms with E-state index in [1.807, 2.05) is 6.07 Å². The number of ether oxygens (including phenoxy) is 1. The highest BCUT2D eigenvalue weighted by atomic mass is 79.9. The second kappa shape index (κ2) is 10.8. The van der Waals surface area contributed by atoms with Crippen LogP contribution in [0.5, 0.6) is 5.75 Å². The summed E-state index contributed by atoms with van der Waals surface area (Å²) in [5, 5.41) is 21.2. The van der Waals surface area contributed by atoms with Crippen LogP contribution in [0, 0.1) is 17.1 Å². The number of carboxylic acid groups (broad SMARTS) is 1. The number of carbonyl (C=O) groups is 2. The summed E-state index contributed by atoms with van der Waals surface area (Å²) in [6.07, 6.45) is 1.34. The second-order valence-corrected chi connectivity index (χ2v) is 8.00. The molecule has 0 spiro atoms. The number of nitriles is 1. The van der Waals surface area contributed by atoms with Crippen molar-refractivity contribution in [2.45, 2.75) is 6.61 Å². The average Bonchev–Trinajstić information content (AvgIpc) is 2.78. The van der Waals surface area contributed by atoms with Gasteiger partial charge in [0.1, 0.15) is 24.1 Å². The zero-order valence-electron chi connectivity index (χ0n) is 16.8. The van der Waals surface area contributed by atoms with Crippen LogP contribution in [0.1, 0.15) is 21.5 Å². The predicted octanol–water partition coefficient (Wildman–Crippen LogP) is 6.06. The lowest BCUT2D eigenvalue weighted by Crippen LogP contribution is -2.14. The minimum Gasteiger partial charge on any atom is -0.486 e. The third-order valence-electron chi connectivity index (χ3n) is 4.36. The quantitative estimate of drug-likeness (QED) is 0.286. The van der Waals surface area contributed by atoms with E-state index in [0.717, 1.165) is 5.56 Å². The summed E-state index contributed by atoms with van der Waals surface area (Å²) < 4.78 is 19.3. The van der Waals surface area contributed by atoms with Gasteiger partial charge in [-0.15, -0.1) is 0 Å². The van der Waals surface area contributed by atoms with Crippen LogP contribution in [0.2, 0.25) is 5.02 Å². The number of benzene rings is 3. The highest BCUT2D eigenvalue weighted by Crippen LogP contribution is 2.35. The van der Waals surface area contributed by atoms with Gasteiger partial charge >= 0.3 is 5.97 Å². The molecule has 0 heterocycles. The van der Waals surface area contributed by atoms with Crippen molar-refractivity contribution in [3.63, 3.8) is 0 Å². The molecule has 3 aromatic rings. The number of carboxylic acids is 1. The van der Waals surface area contributed by atoms with Gasteiger partial charge in [-0.1, -0.05) is 29.8 Å². The fourth-order valence-electron chi connectivity index (χ4n) is 2.78. The summed E-state index contributed by atoms with van der Waals surface area (Å²) in [6.45, 7) is 0.162. The molecule has 0 atom stereocenters. The first-order chi connectivity index (χ1) is 15.8. The van der Waals surface area contributed by atoms with Gasteiger partial charge in [0.15, 0.2) is 5.75 Å². The van der Waals surface area contributed by atoms with Crippen LogP contribution in [0.3, 0.4) is 0 Å². The first-order valence-corrected chi connectivity index (χ1v) is 10.6. The van der Waals surface area contributed by atoms with Crippen molar-refractivity contribution < 1.29 is 23.8 Å². The van der Waals surface area contributed by atoms with Gasteiger partial charge in [0.2, 0.25) is 0 Å². The molecule has 0 bridgehead atoms. The molecule has 0 aliphatic carbocycles. The number of hydrogen-bond acceptors (Lipinski definition) is 4. The van der Waals surface area contributed by atoms with Crippen LogP contribution in [0.4, 0.5) is 10.1 Å². The zero-order valence-corrected chi connectivity index (χ0v) is 19.2. The molecule has 0 aromatic heterocycles. The Morgan fingerprint density at radius 3 is 2.55 bits per heavy atom. The van der Waals surface area contributed by atoms with Gasteiger partial charge in [-0.2, -0.15) is 5.26 Å². The van der Waals surface area contributed by atoms with Crippen LogP contribution in [-0.4, -0.2) is 17.0 Å². The Labute approximate surface area is 202 Å². The summed E-state index contributed by atoms with van der Waals surface area (Å²) in [7, 11) is 0. The number of aromatic carboxylic acids is 1. The fourth-order valence-corrected chi connectivity index (χ4v) is 3.77. The van der Waals surface area contributed by atoms with Crippen LogP contribution in [0.25, 0.3) is 6.08 Å². The van der Waals surface area contributed by atoms with Crippen LogP contribution in [-0.2, 0) is 11.4 Å². The number of amides is 1. The van der Waals surface area contributed by atoms with Crippen molar-refractivity contribution in [1.29, 1.82) is 5.26 Å². The summed E-state index contributed by atoms with van der Waals surface area (Å²) in [6, 6.07) is 16.5. The van der Waals surface area contributed by atoms with Crippen LogP contribution in [0.15, 0.2) is 70.7 Å². The third-order valence-corrected chi connectivity index (χ3v) is 5.23. The Morgan fingerprint density at radius 2 is 1.91 bits per heavy atom. The molecule has 33 heavy (non-hydrogen) atoms. The largest absolute Gasteiger partial charge is 0.486 e. The van der Waals surface area contributed by atoms with E-state index >= 15 is 0 Å². The van der Waals surface area contributed by atoms with E-state index in [0.29, 0.717) is 15.8 Å². The Hall–Kier alpha value is -3.67. The lowest BCUT2D eigenvalue weighted by molar-refractivity contribution is -0.112. The lowest BCUT2D eigenvalue weighted by atomic mass is 10.1. The Bertz CT molecular complexity index is 1260. The van der Waals surface area contributed by atoms with E-state index in [9.17, 15) is 19.2 Å². The Balaban J connectivity index is 1.77. The SMILES string of the molecule is N#C/C(=C/c1cc(Cl)c(OCc2ccc(F)cc2)c(Br)c1)C(=O)Nc1cccc(C(=O)O)c1. The monoisotopic (exact) mass is 528 g/mol. The van der Waals surface area contributed by atoms with Gasteiger partial charge in [0, 0.05) is 5.69 Å². The van der Waals surface area contributed by atoms with Gasteiger partial charge in [-0.3, -0.25) is 4.79 Å². The van der Waals surface area contributed by atoms with Crippen molar-refractivity contribution in [1.82, 2.24) is 0 Å². The molecule has 0 fully saturated rings. The van der Waals surface area contributed by atoms with Gasteiger partial charge in [-0.05, 0) is 75.6 Å². The highest BCUT2D eigenvalue weighted by molar-refractivity contribution is 9.10. The molecule has 2 N–H and O–H groups in total. The molecule has 6 nitrogen and oxygen atoms in total. The van der Waals surface area contributed by atoms with E-state index < -0.39 is 11.9 Å². The van der Waals surface area contributed by atoms with Crippen molar-refractivity contribution >= 4 is 51.2 Å². The minimum absolute atomic E-state index is 0.00206. The molecular weight excluding hydrogens is 515 g/mol. The van der Waals surface area contributed by atoms with E-state index in [1.54, 1.807) is 18.2 Å². The van der Waals surface area contributed by atoms with E-state index in [-0.39, 0.29) is 34.3 Å². The van der Waals surface area contributed by atoms with Gasteiger partial charge in [0.25, 0.3) is 5.91 Å². The van der Waals surface area contributed by atoms with Crippen molar-refractivity contribution in [3.05, 3.63) is 98.2 Å². The van der Waals surface area contributed by atoms with Crippen LogP contribution < -0.4 is 10.1 Å². The van der Waals surface area contributed by atoms with Crippen LogP contribution >= 0.6 is 27.5 Å². The van der Waals surface area contributed by atoms with E-state index in [1.165, 1.54) is 48.5 Å². The fraction of sp³-hybridized carbons (Fsp3) is 0.0417. The highest BCUT2D eigenvalue weighted by Gasteiger charge is 2.14. The smallest absolute Gasteiger partial charge is 0.335 e. The number of nitrogens with zero attached hydrogens (tertiary/aromatic N) is 1. The van der Waals surface area contributed by atoms with E-state index in [4.69, 9.17) is 21.4 Å². The number of halogens is 3. The lowest BCUT2D eigenvalue weighted by Gasteiger charge is -2.11. The number of rotatable bonds is 7. The predicted molar refractivity (Wildman–Crippen MR) is 126 cm³/mol. The third kappa shape index (κ3) is 6.42. The number of nitrogens with one attached hydrogen (secondary N) is 1. The maximum Gasteiger partial charge on any atom is 0.335 e. The van der Waals surface area contributed by atoms with Gasteiger partial charge in [-0.25, -0.2) is 9.18 Å².